The van der Waals surface area contributed by atoms with Crippen LogP contribution >= 0.6 is 0 Å². The number of aromatic hydroxyl groups is 1. The molecule has 0 aliphatic carbocycles. The summed E-state index contributed by atoms with van der Waals surface area (Å²) in [6.07, 6.45) is 4.29. The normalized spacial score (nSPS) is 9.89. The summed E-state index contributed by atoms with van der Waals surface area (Å²) in [5, 5.41) is 18.4. The zero-order valence-electron chi connectivity index (χ0n) is 10.6. The summed E-state index contributed by atoms with van der Waals surface area (Å²) in [5.74, 6) is 0.684. The quantitative estimate of drug-likeness (QED) is 0.910. The molecule has 0 aliphatic rings. The van der Waals surface area contributed by atoms with Crippen LogP contribution in [0, 0.1) is 11.3 Å². The molecule has 1 heterocycles. The first kappa shape index (κ1) is 12.9. The number of nitriles is 1. The van der Waals surface area contributed by atoms with Crippen LogP contribution in [0.5, 0.6) is 11.5 Å². The van der Waals surface area contributed by atoms with Gasteiger partial charge in [0.2, 0.25) is 0 Å². The van der Waals surface area contributed by atoms with Gasteiger partial charge in [0.15, 0.2) is 0 Å². The Bertz CT molecular complexity index is 618. The van der Waals surface area contributed by atoms with Crippen LogP contribution in [0.15, 0.2) is 36.7 Å². The van der Waals surface area contributed by atoms with E-state index < -0.39 is 0 Å². The number of hydrogen-bond acceptors (Lipinski definition) is 4. The SMILES string of the molecule is CCCOc1cncc(-c2ccc(O)c(C#N)c2)c1. The second kappa shape index (κ2) is 5.87. The molecule has 4 nitrogen and oxygen atoms in total. The lowest BCUT2D eigenvalue weighted by Gasteiger charge is -2.07. The molecule has 0 fully saturated rings. The Hall–Kier alpha value is -2.54. The van der Waals surface area contributed by atoms with Gasteiger partial charge in [0, 0.05) is 11.8 Å². The smallest absolute Gasteiger partial charge is 0.138 e. The molecule has 0 saturated carbocycles. The van der Waals surface area contributed by atoms with Crippen molar-refractivity contribution in [3.8, 4) is 28.7 Å². The highest BCUT2D eigenvalue weighted by molar-refractivity contribution is 5.67. The molecule has 0 radical (unpaired) electrons. The van der Waals surface area contributed by atoms with Crippen molar-refractivity contribution in [3.63, 3.8) is 0 Å². The Kier molecular flexibility index (Phi) is 3.99. The van der Waals surface area contributed by atoms with E-state index in [4.69, 9.17) is 10.00 Å². The number of phenolic OH excluding ortho intramolecular Hbond substituents is 1. The minimum absolute atomic E-state index is 0.0161. The molecular formula is C15H14N2O2. The van der Waals surface area contributed by atoms with Crippen LogP contribution in [-0.2, 0) is 0 Å². The third-order valence-corrected chi connectivity index (χ3v) is 2.64. The van der Waals surface area contributed by atoms with E-state index in [1.54, 1.807) is 24.5 Å². The number of rotatable bonds is 4. The van der Waals surface area contributed by atoms with Crippen molar-refractivity contribution in [2.75, 3.05) is 6.61 Å². The van der Waals surface area contributed by atoms with Crippen molar-refractivity contribution in [2.45, 2.75) is 13.3 Å². The maximum atomic E-state index is 9.49. The number of benzene rings is 1. The molecule has 2 aromatic rings. The highest BCUT2D eigenvalue weighted by Gasteiger charge is 2.05. The molecule has 0 unspecified atom stereocenters. The van der Waals surface area contributed by atoms with Crippen molar-refractivity contribution in [2.24, 2.45) is 0 Å². The number of nitrogens with zero attached hydrogens (tertiary/aromatic N) is 2. The summed E-state index contributed by atoms with van der Waals surface area (Å²) in [6.45, 7) is 2.68. The average molecular weight is 254 g/mol. The number of pyridine rings is 1. The van der Waals surface area contributed by atoms with Gasteiger partial charge in [0.05, 0.1) is 18.4 Å². The number of phenols is 1. The highest BCUT2D eigenvalue weighted by atomic mass is 16.5. The predicted octanol–water partition coefficient (Wildman–Crippen LogP) is 3.11. The third kappa shape index (κ3) is 3.02. The Morgan fingerprint density at radius 3 is 2.84 bits per heavy atom. The van der Waals surface area contributed by atoms with Crippen LogP contribution < -0.4 is 4.74 Å². The standard InChI is InChI=1S/C15H14N2O2/c1-2-5-19-14-7-13(9-17-10-14)11-3-4-15(18)12(6-11)8-16/h3-4,6-7,9-10,18H,2,5H2,1H3. The van der Waals surface area contributed by atoms with E-state index in [1.807, 2.05) is 19.1 Å². The van der Waals surface area contributed by atoms with Gasteiger partial charge in [-0.2, -0.15) is 5.26 Å². The van der Waals surface area contributed by atoms with Gasteiger partial charge < -0.3 is 9.84 Å². The topological polar surface area (TPSA) is 66.1 Å². The minimum atomic E-state index is -0.0161. The largest absolute Gasteiger partial charge is 0.507 e. The maximum Gasteiger partial charge on any atom is 0.138 e. The van der Waals surface area contributed by atoms with Crippen LogP contribution in [0.3, 0.4) is 0 Å². The molecule has 1 N–H and O–H groups in total. The van der Waals surface area contributed by atoms with Gasteiger partial charge in [-0.15, -0.1) is 0 Å². The van der Waals surface area contributed by atoms with Gasteiger partial charge in [0.25, 0.3) is 0 Å². The van der Waals surface area contributed by atoms with E-state index in [0.29, 0.717) is 12.4 Å². The molecule has 0 atom stereocenters. The maximum absolute atomic E-state index is 9.49. The van der Waals surface area contributed by atoms with Gasteiger partial charge in [-0.25, -0.2) is 0 Å². The molecule has 19 heavy (non-hydrogen) atoms. The van der Waals surface area contributed by atoms with Gasteiger partial charge in [-0.05, 0) is 30.2 Å². The monoisotopic (exact) mass is 254 g/mol. The molecule has 1 aromatic heterocycles. The number of hydrogen-bond donors (Lipinski definition) is 1. The molecule has 96 valence electrons. The molecule has 2 rings (SSSR count). The van der Waals surface area contributed by atoms with Gasteiger partial charge in [-0.1, -0.05) is 13.0 Å². The van der Waals surface area contributed by atoms with Crippen molar-refractivity contribution in [1.29, 1.82) is 5.26 Å². The van der Waals surface area contributed by atoms with Crippen molar-refractivity contribution >= 4 is 0 Å². The third-order valence-electron chi connectivity index (χ3n) is 2.64. The van der Waals surface area contributed by atoms with E-state index in [9.17, 15) is 5.11 Å². The highest BCUT2D eigenvalue weighted by Crippen LogP contribution is 2.27. The fourth-order valence-electron chi connectivity index (χ4n) is 1.68. The van der Waals surface area contributed by atoms with Gasteiger partial charge in [-0.3, -0.25) is 4.98 Å². The molecule has 0 saturated heterocycles. The Morgan fingerprint density at radius 2 is 2.11 bits per heavy atom. The van der Waals surface area contributed by atoms with Gasteiger partial charge >= 0.3 is 0 Å². The van der Waals surface area contributed by atoms with E-state index in [1.165, 1.54) is 6.07 Å². The first-order valence-corrected chi connectivity index (χ1v) is 6.06. The Labute approximate surface area is 111 Å². The molecule has 0 bridgehead atoms. The van der Waals surface area contributed by atoms with Crippen LogP contribution in [-0.4, -0.2) is 16.7 Å². The van der Waals surface area contributed by atoms with Gasteiger partial charge in [0.1, 0.15) is 17.6 Å². The van der Waals surface area contributed by atoms with E-state index in [2.05, 4.69) is 4.98 Å². The lowest BCUT2D eigenvalue weighted by molar-refractivity contribution is 0.316. The van der Waals surface area contributed by atoms with E-state index in [-0.39, 0.29) is 11.3 Å². The average Bonchev–Trinajstić information content (AvgIpc) is 2.46. The van der Waals surface area contributed by atoms with E-state index >= 15 is 0 Å². The molecule has 4 heteroatoms. The lowest BCUT2D eigenvalue weighted by atomic mass is 10.0. The number of ether oxygens (including phenoxy) is 1. The van der Waals surface area contributed by atoms with Crippen LogP contribution in [0.25, 0.3) is 11.1 Å². The molecular weight excluding hydrogens is 240 g/mol. The summed E-state index contributed by atoms with van der Waals surface area (Å²) < 4.78 is 5.52. The number of aromatic nitrogens is 1. The summed E-state index contributed by atoms with van der Waals surface area (Å²) in [7, 11) is 0. The molecule has 0 aliphatic heterocycles. The second-order valence-electron chi connectivity index (χ2n) is 4.10. The summed E-state index contributed by atoms with van der Waals surface area (Å²) in [5.41, 5.74) is 1.92. The predicted molar refractivity (Wildman–Crippen MR) is 71.8 cm³/mol. The fraction of sp³-hybridized carbons (Fsp3) is 0.200. The van der Waals surface area contributed by atoms with Crippen molar-refractivity contribution in [3.05, 3.63) is 42.2 Å². The first-order chi connectivity index (χ1) is 9.24. The zero-order chi connectivity index (χ0) is 13.7. The zero-order valence-corrected chi connectivity index (χ0v) is 10.6. The van der Waals surface area contributed by atoms with Crippen molar-refractivity contribution < 1.29 is 9.84 Å². The summed E-state index contributed by atoms with van der Waals surface area (Å²) in [6, 6.07) is 8.71. The Balaban J connectivity index is 2.34. The van der Waals surface area contributed by atoms with Crippen LogP contribution in [0.4, 0.5) is 0 Å². The van der Waals surface area contributed by atoms with E-state index in [0.717, 1.165) is 17.5 Å². The molecule has 1 aromatic carbocycles. The Morgan fingerprint density at radius 1 is 1.26 bits per heavy atom. The van der Waals surface area contributed by atoms with Crippen LogP contribution in [0.2, 0.25) is 0 Å². The molecule has 0 spiro atoms. The van der Waals surface area contributed by atoms with Crippen molar-refractivity contribution in [1.82, 2.24) is 4.98 Å². The fourth-order valence-corrected chi connectivity index (χ4v) is 1.68. The summed E-state index contributed by atoms with van der Waals surface area (Å²) in [4.78, 5) is 4.12. The van der Waals surface area contributed by atoms with Crippen LogP contribution in [0.1, 0.15) is 18.9 Å². The first-order valence-electron chi connectivity index (χ1n) is 6.06. The second-order valence-corrected chi connectivity index (χ2v) is 4.10. The molecule has 0 amide bonds. The lowest BCUT2D eigenvalue weighted by Crippen LogP contribution is -1.95. The minimum Gasteiger partial charge on any atom is -0.507 e. The summed E-state index contributed by atoms with van der Waals surface area (Å²) >= 11 is 0.